The van der Waals surface area contributed by atoms with Gasteiger partial charge in [0.25, 0.3) is 0 Å². The molecule has 0 aliphatic heterocycles. The van der Waals surface area contributed by atoms with Crippen LogP contribution in [0.25, 0.3) is 0 Å². The van der Waals surface area contributed by atoms with E-state index in [0.717, 1.165) is 6.07 Å². The highest BCUT2D eigenvalue weighted by atomic mass is 79.9. The molecule has 1 aromatic rings. The molecule has 1 aromatic carbocycles. The van der Waals surface area contributed by atoms with Crippen LogP contribution in [-0.2, 0) is 6.18 Å². The zero-order valence-electron chi connectivity index (χ0n) is 8.73. The quantitative estimate of drug-likeness (QED) is 0.620. The Morgan fingerprint density at radius 2 is 2.06 bits per heavy atom. The summed E-state index contributed by atoms with van der Waals surface area (Å²) in [6.07, 6.45) is -4.52. The maximum absolute atomic E-state index is 12.6. The number of ketones is 1. The van der Waals surface area contributed by atoms with E-state index in [1.807, 2.05) is 0 Å². The Labute approximate surface area is 104 Å². The van der Waals surface area contributed by atoms with Gasteiger partial charge in [0, 0.05) is 5.56 Å². The van der Waals surface area contributed by atoms with Crippen molar-refractivity contribution in [3.8, 4) is 6.07 Å². The van der Waals surface area contributed by atoms with E-state index in [4.69, 9.17) is 5.26 Å². The van der Waals surface area contributed by atoms with Gasteiger partial charge in [0.1, 0.15) is 0 Å². The van der Waals surface area contributed by atoms with E-state index in [2.05, 4.69) is 15.9 Å². The molecule has 17 heavy (non-hydrogen) atoms. The number of hydrogen-bond acceptors (Lipinski definition) is 2. The SMILES string of the molecule is Cc1cc(C(=O)CBr)c(C#N)cc1C(F)(F)F. The summed E-state index contributed by atoms with van der Waals surface area (Å²) in [5, 5.41) is 8.72. The molecule has 0 amide bonds. The molecular weight excluding hydrogens is 299 g/mol. The number of alkyl halides is 4. The molecule has 90 valence electrons. The number of carbonyl (C=O) groups excluding carboxylic acids is 1. The molecule has 1 rings (SSSR count). The number of hydrogen-bond donors (Lipinski definition) is 0. The summed E-state index contributed by atoms with van der Waals surface area (Å²) in [4.78, 5) is 11.4. The minimum absolute atomic E-state index is 0.00914. The van der Waals surface area contributed by atoms with Gasteiger partial charge in [-0.15, -0.1) is 0 Å². The third-order valence-electron chi connectivity index (χ3n) is 2.21. The van der Waals surface area contributed by atoms with E-state index in [-0.39, 0.29) is 22.0 Å². The minimum Gasteiger partial charge on any atom is -0.293 e. The Kier molecular flexibility index (Phi) is 3.94. The number of rotatable bonds is 2. The van der Waals surface area contributed by atoms with Gasteiger partial charge < -0.3 is 0 Å². The Morgan fingerprint density at radius 1 is 1.47 bits per heavy atom. The topological polar surface area (TPSA) is 40.9 Å². The summed E-state index contributed by atoms with van der Waals surface area (Å²) >= 11 is 2.92. The van der Waals surface area contributed by atoms with Crippen LogP contribution in [-0.4, -0.2) is 11.1 Å². The number of benzene rings is 1. The molecule has 0 atom stereocenters. The first kappa shape index (κ1) is 13.7. The monoisotopic (exact) mass is 305 g/mol. The molecular formula is C11H7BrF3NO. The van der Waals surface area contributed by atoms with Crippen LogP contribution in [0.1, 0.15) is 27.0 Å². The van der Waals surface area contributed by atoms with Crippen molar-refractivity contribution < 1.29 is 18.0 Å². The van der Waals surface area contributed by atoms with E-state index in [9.17, 15) is 18.0 Å². The molecule has 0 N–H and O–H groups in total. The average Bonchev–Trinajstić information content (AvgIpc) is 2.26. The predicted octanol–water partition coefficient (Wildman–Crippen LogP) is 3.46. The second-order valence-corrected chi connectivity index (χ2v) is 3.94. The third-order valence-corrected chi connectivity index (χ3v) is 2.72. The second-order valence-electron chi connectivity index (χ2n) is 3.38. The van der Waals surface area contributed by atoms with Crippen molar-refractivity contribution in [3.63, 3.8) is 0 Å². The lowest BCUT2D eigenvalue weighted by Crippen LogP contribution is -2.11. The largest absolute Gasteiger partial charge is 0.416 e. The van der Waals surface area contributed by atoms with Crippen molar-refractivity contribution in [3.05, 3.63) is 34.4 Å². The first-order chi connectivity index (χ1) is 7.81. The third kappa shape index (κ3) is 2.86. The maximum Gasteiger partial charge on any atom is 0.416 e. The Morgan fingerprint density at radius 3 is 2.47 bits per heavy atom. The normalized spacial score (nSPS) is 11.1. The molecule has 0 saturated heterocycles. The summed E-state index contributed by atoms with van der Waals surface area (Å²) in [7, 11) is 0. The van der Waals surface area contributed by atoms with Gasteiger partial charge in [0.2, 0.25) is 0 Å². The molecule has 0 bridgehead atoms. The number of carbonyl (C=O) groups is 1. The van der Waals surface area contributed by atoms with Gasteiger partial charge in [0.05, 0.1) is 22.5 Å². The molecule has 2 nitrogen and oxygen atoms in total. The molecule has 0 fully saturated rings. The Hall–Kier alpha value is -1.35. The molecule has 6 heteroatoms. The first-order valence-corrected chi connectivity index (χ1v) is 5.64. The summed E-state index contributed by atoms with van der Waals surface area (Å²) in [5.74, 6) is -0.418. The van der Waals surface area contributed by atoms with Gasteiger partial charge in [-0.2, -0.15) is 18.4 Å². The van der Waals surface area contributed by atoms with Gasteiger partial charge in [-0.1, -0.05) is 15.9 Å². The molecule has 0 unspecified atom stereocenters. The van der Waals surface area contributed by atoms with Crippen LogP contribution >= 0.6 is 15.9 Å². The van der Waals surface area contributed by atoms with Crippen molar-refractivity contribution in [2.45, 2.75) is 13.1 Å². The smallest absolute Gasteiger partial charge is 0.293 e. The lowest BCUT2D eigenvalue weighted by molar-refractivity contribution is -0.138. The molecule has 0 spiro atoms. The molecule has 0 radical (unpaired) electrons. The van der Waals surface area contributed by atoms with E-state index in [1.54, 1.807) is 6.07 Å². The Balaban J connectivity index is 3.47. The number of Topliss-reactive ketones (excluding diaryl/α,β-unsaturated/α-hetero) is 1. The van der Waals surface area contributed by atoms with Crippen molar-refractivity contribution in [2.75, 3.05) is 5.33 Å². The fourth-order valence-electron chi connectivity index (χ4n) is 1.41. The minimum atomic E-state index is -4.52. The number of halogens is 4. The van der Waals surface area contributed by atoms with Gasteiger partial charge in [-0.3, -0.25) is 4.79 Å². The average molecular weight is 306 g/mol. The van der Waals surface area contributed by atoms with Crippen LogP contribution in [0.3, 0.4) is 0 Å². The predicted molar refractivity (Wildman–Crippen MR) is 59.0 cm³/mol. The van der Waals surface area contributed by atoms with Crippen molar-refractivity contribution in [1.29, 1.82) is 5.26 Å². The molecule has 0 aliphatic rings. The zero-order chi connectivity index (χ0) is 13.2. The van der Waals surface area contributed by atoms with Gasteiger partial charge in [-0.05, 0) is 24.6 Å². The highest BCUT2D eigenvalue weighted by molar-refractivity contribution is 9.09. The van der Waals surface area contributed by atoms with Gasteiger partial charge in [0.15, 0.2) is 5.78 Å². The molecule has 0 aromatic heterocycles. The highest BCUT2D eigenvalue weighted by Crippen LogP contribution is 2.33. The summed E-state index contributed by atoms with van der Waals surface area (Å²) in [5.41, 5.74) is -1.21. The lowest BCUT2D eigenvalue weighted by Gasteiger charge is -2.12. The zero-order valence-corrected chi connectivity index (χ0v) is 10.3. The van der Waals surface area contributed by atoms with Crippen LogP contribution in [0.5, 0.6) is 0 Å². The molecule has 0 saturated carbocycles. The van der Waals surface area contributed by atoms with Crippen LogP contribution in [0, 0.1) is 18.3 Å². The summed E-state index contributed by atoms with van der Waals surface area (Å²) in [6, 6.07) is 3.42. The van der Waals surface area contributed by atoms with E-state index in [0.29, 0.717) is 6.07 Å². The standard InChI is InChI=1S/C11H7BrF3NO/c1-6-2-8(10(17)4-12)7(5-16)3-9(6)11(13,14)15/h2-3H,4H2,1H3. The molecule has 0 aliphatic carbocycles. The first-order valence-electron chi connectivity index (χ1n) is 4.52. The van der Waals surface area contributed by atoms with Crippen molar-refractivity contribution >= 4 is 21.7 Å². The molecule has 0 heterocycles. The number of aryl methyl sites for hydroxylation is 1. The fraction of sp³-hybridized carbons (Fsp3) is 0.273. The van der Waals surface area contributed by atoms with Crippen LogP contribution in [0.15, 0.2) is 12.1 Å². The van der Waals surface area contributed by atoms with E-state index >= 15 is 0 Å². The number of nitrogens with zero attached hydrogens (tertiary/aromatic N) is 1. The van der Waals surface area contributed by atoms with E-state index in [1.165, 1.54) is 6.92 Å². The van der Waals surface area contributed by atoms with Crippen molar-refractivity contribution in [1.82, 2.24) is 0 Å². The van der Waals surface area contributed by atoms with Gasteiger partial charge in [-0.25, -0.2) is 0 Å². The van der Waals surface area contributed by atoms with Gasteiger partial charge >= 0.3 is 6.18 Å². The van der Waals surface area contributed by atoms with Crippen LogP contribution in [0.4, 0.5) is 13.2 Å². The highest BCUT2D eigenvalue weighted by Gasteiger charge is 2.33. The summed E-state index contributed by atoms with van der Waals surface area (Å²) in [6.45, 7) is 1.26. The fourth-order valence-corrected chi connectivity index (χ4v) is 1.71. The second kappa shape index (κ2) is 4.88. The Bertz CT molecular complexity index is 503. The van der Waals surface area contributed by atoms with Crippen molar-refractivity contribution in [2.24, 2.45) is 0 Å². The van der Waals surface area contributed by atoms with Crippen LogP contribution in [0.2, 0.25) is 0 Å². The lowest BCUT2D eigenvalue weighted by atomic mass is 9.97. The number of nitriles is 1. The van der Waals surface area contributed by atoms with Crippen LogP contribution < -0.4 is 0 Å². The maximum atomic E-state index is 12.6. The summed E-state index contributed by atoms with van der Waals surface area (Å²) < 4.78 is 37.7. The van der Waals surface area contributed by atoms with E-state index < -0.39 is 17.5 Å².